The third kappa shape index (κ3) is 4.06. The molecule has 0 saturated heterocycles. The Hall–Kier alpha value is -3.93. The van der Waals surface area contributed by atoms with Crippen molar-refractivity contribution in [1.82, 2.24) is 14.9 Å². The molecular formula is C24H22F4N4O4. The van der Waals surface area contributed by atoms with Crippen LogP contribution < -0.4 is 15.8 Å². The first-order valence-corrected chi connectivity index (χ1v) is 10.7. The SMILES string of the molecule is Cn1cccc1C(=O)NC[C@](O)(c1cc2c(c(-c3ccc(F)cc3)n1)OC[C@]2(C)C(N)=O)C(F)(F)F. The number of pyridine rings is 1. The molecular weight excluding hydrogens is 484 g/mol. The highest BCUT2D eigenvalue weighted by Crippen LogP contribution is 2.47. The van der Waals surface area contributed by atoms with Crippen LogP contribution >= 0.6 is 0 Å². The number of aryl methyl sites for hydroxylation is 1. The number of fused-ring (bicyclic) bond motifs is 1. The van der Waals surface area contributed by atoms with E-state index in [4.69, 9.17) is 10.5 Å². The monoisotopic (exact) mass is 506 g/mol. The van der Waals surface area contributed by atoms with Crippen molar-refractivity contribution >= 4 is 11.8 Å². The van der Waals surface area contributed by atoms with Crippen LogP contribution in [0.25, 0.3) is 11.3 Å². The lowest BCUT2D eigenvalue weighted by molar-refractivity contribution is -0.265. The number of primary amides is 1. The van der Waals surface area contributed by atoms with Gasteiger partial charge in [0, 0.05) is 24.4 Å². The molecule has 2 aromatic heterocycles. The van der Waals surface area contributed by atoms with Crippen LogP contribution in [-0.4, -0.2) is 45.8 Å². The van der Waals surface area contributed by atoms with Gasteiger partial charge in [-0.1, -0.05) is 0 Å². The maximum atomic E-state index is 14.3. The van der Waals surface area contributed by atoms with Crippen molar-refractivity contribution in [3.63, 3.8) is 0 Å². The molecule has 0 spiro atoms. The molecule has 0 fully saturated rings. The maximum Gasteiger partial charge on any atom is 0.424 e. The van der Waals surface area contributed by atoms with Crippen molar-refractivity contribution in [2.45, 2.75) is 24.1 Å². The molecule has 2 atom stereocenters. The Bertz CT molecular complexity index is 1340. The van der Waals surface area contributed by atoms with E-state index in [1.807, 2.05) is 0 Å². The summed E-state index contributed by atoms with van der Waals surface area (Å²) >= 11 is 0. The third-order valence-electron chi connectivity index (χ3n) is 6.31. The van der Waals surface area contributed by atoms with Crippen LogP contribution in [0, 0.1) is 5.82 Å². The van der Waals surface area contributed by atoms with E-state index >= 15 is 0 Å². The van der Waals surface area contributed by atoms with Crippen molar-refractivity contribution in [3.05, 3.63) is 71.4 Å². The number of hydrogen-bond acceptors (Lipinski definition) is 5. The number of hydrogen-bond donors (Lipinski definition) is 3. The van der Waals surface area contributed by atoms with Crippen LogP contribution in [0.5, 0.6) is 5.75 Å². The number of nitrogens with zero attached hydrogens (tertiary/aromatic N) is 2. The van der Waals surface area contributed by atoms with Gasteiger partial charge in [0.2, 0.25) is 11.5 Å². The fraction of sp³-hybridized carbons (Fsp3) is 0.292. The van der Waals surface area contributed by atoms with Gasteiger partial charge in [0.15, 0.2) is 0 Å². The maximum absolute atomic E-state index is 14.3. The van der Waals surface area contributed by atoms with E-state index in [0.29, 0.717) is 0 Å². The summed E-state index contributed by atoms with van der Waals surface area (Å²) in [5.41, 5.74) is -0.451. The molecule has 0 unspecified atom stereocenters. The highest BCUT2D eigenvalue weighted by Gasteiger charge is 2.57. The first kappa shape index (κ1) is 25.2. The van der Waals surface area contributed by atoms with Crippen molar-refractivity contribution in [2.75, 3.05) is 13.2 Å². The van der Waals surface area contributed by atoms with Gasteiger partial charge in [0.05, 0.1) is 12.2 Å². The number of aromatic nitrogens is 2. The number of amides is 2. The molecule has 1 aliphatic rings. The minimum absolute atomic E-state index is 0.0102. The Morgan fingerprint density at radius 3 is 2.47 bits per heavy atom. The van der Waals surface area contributed by atoms with E-state index in [-0.39, 0.29) is 34.9 Å². The topological polar surface area (TPSA) is 119 Å². The minimum Gasteiger partial charge on any atom is -0.489 e. The van der Waals surface area contributed by atoms with Crippen LogP contribution in [0.3, 0.4) is 0 Å². The number of ether oxygens (including phenoxy) is 1. The average molecular weight is 506 g/mol. The summed E-state index contributed by atoms with van der Waals surface area (Å²) in [6.07, 6.45) is -3.76. The van der Waals surface area contributed by atoms with Gasteiger partial charge in [-0.2, -0.15) is 13.2 Å². The zero-order valence-electron chi connectivity index (χ0n) is 19.2. The highest BCUT2D eigenvalue weighted by atomic mass is 19.4. The van der Waals surface area contributed by atoms with Gasteiger partial charge < -0.3 is 25.5 Å². The zero-order valence-corrected chi connectivity index (χ0v) is 19.2. The number of rotatable bonds is 6. The number of carbonyl (C=O) groups excluding carboxylic acids is 2. The number of aliphatic hydroxyl groups is 1. The number of carbonyl (C=O) groups is 2. The predicted octanol–water partition coefficient (Wildman–Crippen LogP) is 2.54. The molecule has 4 N–H and O–H groups in total. The van der Waals surface area contributed by atoms with E-state index in [9.17, 15) is 32.3 Å². The number of nitrogens with two attached hydrogens (primary N) is 1. The number of halogens is 4. The van der Waals surface area contributed by atoms with Gasteiger partial charge in [0.25, 0.3) is 5.91 Å². The van der Waals surface area contributed by atoms with Crippen LogP contribution in [0.2, 0.25) is 0 Å². The second-order valence-electron chi connectivity index (χ2n) is 8.77. The molecule has 2 amide bonds. The highest BCUT2D eigenvalue weighted by molar-refractivity contribution is 5.93. The molecule has 190 valence electrons. The molecule has 1 aromatic carbocycles. The summed E-state index contributed by atoms with van der Waals surface area (Å²) in [5, 5.41) is 13.1. The number of benzene rings is 1. The van der Waals surface area contributed by atoms with Crippen LogP contribution in [-0.2, 0) is 22.9 Å². The largest absolute Gasteiger partial charge is 0.489 e. The molecule has 12 heteroatoms. The lowest BCUT2D eigenvalue weighted by atomic mass is 9.81. The van der Waals surface area contributed by atoms with E-state index < -0.39 is 47.1 Å². The third-order valence-corrected chi connectivity index (χ3v) is 6.31. The van der Waals surface area contributed by atoms with Crippen molar-refractivity contribution < 1.29 is 37.0 Å². The second kappa shape index (κ2) is 8.63. The zero-order chi connectivity index (χ0) is 26.5. The van der Waals surface area contributed by atoms with E-state index in [2.05, 4.69) is 10.3 Å². The normalized spacial score (nSPS) is 18.8. The van der Waals surface area contributed by atoms with E-state index in [0.717, 1.165) is 18.2 Å². The van der Waals surface area contributed by atoms with E-state index in [1.165, 1.54) is 49.0 Å². The molecule has 0 aliphatic carbocycles. The second-order valence-corrected chi connectivity index (χ2v) is 8.77. The molecule has 0 bridgehead atoms. The Labute approximate surface area is 202 Å². The fourth-order valence-corrected chi connectivity index (χ4v) is 3.93. The van der Waals surface area contributed by atoms with Gasteiger partial charge in [-0.25, -0.2) is 9.37 Å². The van der Waals surface area contributed by atoms with Crippen LogP contribution in [0.1, 0.15) is 28.7 Å². The minimum atomic E-state index is -5.29. The van der Waals surface area contributed by atoms with Crippen molar-refractivity contribution in [1.29, 1.82) is 0 Å². The summed E-state index contributed by atoms with van der Waals surface area (Å²) in [7, 11) is 1.53. The Morgan fingerprint density at radius 2 is 1.92 bits per heavy atom. The number of nitrogens with one attached hydrogen (secondary N) is 1. The molecule has 0 radical (unpaired) electrons. The quantitative estimate of drug-likeness (QED) is 0.444. The first-order valence-electron chi connectivity index (χ1n) is 10.7. The van der Waals surface area contributed by atoms with Crippen molar-refractivity contribution in [2.24, 2.45) is 12.8 Å². The first-order chi connectivity index (χ1) is 16.8. The molecule has 3 heterocycles. The fourth-order valence-electron chi connectivity index (χ4n) is 3.93. The predicted molar refractivity (Wildman–Crippen MR) is 119 cm³/mol. The van der Waals surface area contributed by atoms with Crippen LogP contribution in [0.4, 0.5) is 17.6 Å². The van der Waals surface area contributed by atoms with Gasteiger partial charge in [-0.3, -0.25) is 9.59 Å². The molecule has 0 saturated carbocycles. The Balaban J connectivity index is 1.87. The Morgan fingerprint density at radius 1 is 1.25 bits per heavy atom. The van der Waals surface area contributed by atoms with E-state index in [1.54, 1.807) is 0 Å². The van der Waals surface area contributed by atoms with Gasteiger partial charge in [-0.15, -0.1) is 0 Å². The van der Waals surface area contributed by atoms with Gasteiger partial charge in [-0.05, 0) is 49.4 Å². The Kier molecular flexibility index (Phi) is 6.03. The summed E-state index contributed by atoms with van der Waals surface area (Å²) in [6.45, 7) is -0.155. The number of alkyl halides is 3. The van der Waals surface area contributed by atoms with Gasteiger partial charge in [0.1, 0.15) is 35.0 Å². The molecule has 8 nitrogen and oxygen atoms in total. The molecule has 4 rings (SSSR count). The molecule has 1 aliphatic heterocycles. The summed E-state index contributed by atoms with van der Waals surface area (Å²) in [6, 6.07) is 8.54. The lowest BCUT2D eigenvalue weighted by Gasteiger charge is -2.31. The van der Waals surface area contributed by atoms with Crippen molar-refractivity contribution in [3.8, 4) is 17.0 Å². The van der Waals surface area contributed by atoms with Gasteiger partial charge >= 0.3 is 6.18 Å². The average Bonchev–Trinajstić information content (AvgIpc) is 3.40. The molecule has 3 aromatic rings. The van der Waals surface area contributed by atoms with Crippen LogP contribution in [0.15, 0.2) is 48.7 Å². The smallest absolute Gasteiger partial charge is 0.424 e. The standard InChI is InChI=1S/C24H22F4N4O4/c1-22(21(29)34)12-36-19-15(22)10-17(31-18(19)13-5-7-14(25)8-6-13)23(35,24(26,27)28)11-30-20(33)16-4-3-9-32(16)2/h3-10,35H,11-12H2,1-2H3,(H2,29,34)(H,30,33)/t22-,23-/m0/s1. The lowest BCUT2D eigenvalue weighted by Crippen LogP contribution is -2.52. The molecule has 36 heavy (non-hydrogen) atoms. The summed E-state index contributed by atoms with van der Waals surface area (Å²) in [5.74, 6) is -2.32. The summed E-state index contributed by atoms with van der Waals surface area (Å²) < 4.78 is 63.5. The summed E-state index contributed by atoms with van der Waals surface area (Å²) in [4.78, 5) is 28.8.